The molecule has 0 bridgehead atoms. The monoisotopic (exact) mass is 293 g/mol. The van der Waals surface area contributed by atoms with Gasteiger partial charge in [0.2, 0.25) is 0 Å². The number of nitro benzene ring substituents is 1. The van der Waals surface area contributed by atoms with E-state index < -0.39 is 0 Å². The van der Waals surface area contributed by atoms with Crippen LogP contribution in [0.25, 0.3) is 0 Å². The van der Waals surface area contributed by atoms with Gasteiger partial charge in [0.25, 0.3) is 5.69 Å². The molecule has 0 aliphatic carbocycles. The van der Waals surface area contributed by atoms with Crippen molar-refractivity contribution in [3.05, 3.63) is 28.3 Å². The van der Waals surface area contributed by atoms with Gasteiger partial charge in [-0.1, -0.05) is 6.92 Å². The van der Waals surface area contributed by atoms with Crippen molar-refractivity contribution in [1.82, 2.24) is 0 Å². The average Bonchev–Trinajstić information content (AvgIpc) is 2.70. The number of nitrogens with two attached hydrogens (primary N) is 1. The van der Waals surface area contributed by atoms with Crippen molar-refractivity contribution >= 4 is 17.1 Å². The Balaban J connectivity index is 2.11. The molecule has 1 saturated heterocycles. The van der Waals surface area contributed by atoms with E-state index in [-0.39, 0.29) is 16.7 Å². The van der Waals surface area contributed by atoms with Gasteiger partial charge in [0.05, 0.1) is 11.0 Å². The quantitative estimate of drug-likeness (QED) is 0.513. The Bertz CT molecular complexity index is 493. The van der Waals surface area contributed by atoms with E-state index in [1.165, 1.54) is 6.07 Å². The smallest absolute Gasteiger partial charge is 0.292 e. The number of benzene rings is 1. The van der Waals surface area contributed by atoms with Gasteiger partial charge < -0.3 is 15.4 Å². The Kier molecular flexibility index (Phi) is 5.38. The molecule has 1 fully saturated rings. The molecule has 2 N–H and O–H groups in total. The topological polar surface area (TPSA) is 81.6 Å². The highest BCUT2D eigenvalue weighted by Gasteiger charge is 2.23. The van der Waals surface area contributed by atoms with Gasteiger partial charge >= 0.3 is 0 Å². The van der Waals surface area contributed by atoms with Crippen LogP contribution in [0, 0.1) is 10.1 Å². The summed E-state index contributed by atoms with van der Waals surface area (Å²) in [7, 11) is 0. The Morgan fingerprint density at radius 2 is 2.24 bits per heavy atom. The van der Waals surface area contributed by atoms with Gasteiger partial charge in [-0.3, -0.25) is 10.1 Å². The lowest BCUT2D eigenvalue weighted by molar-refractivity contribution is -0.384. The summed E-state index contributed by atoms with van der Waals surface area (Å²) in [6.45, 7) is 4.44. The molecule has 1 aliphatic heterocycles. The number of hydrogen-bond donors (Lipinski definition) is 1. The molecule has 0 spiro atoms. The molecule has 1 unspecified atom stereocenters. The molecule has 0 saturated carbocycles. The SMILES string of the molecule is CCCOC1CCCN(c2cc(N)ccc2[N+](=O)[O-])CC1. The molecule has 1 aliphatic rings. The first-order valence-electron chi connectivity index (χ1n) is 7.52. The second-order valence-electron chi connectivity index (χ2n) is 5.42. The van der Waals surface area contributed by atoms with Crippen LogP contribution >= 0.6 is 0 Å². The summed E-state index contributed by atoms with van der Waals surface area (Å²) in [6, 6.07) is 4.76. The minimum atomic E-state index is -0.343. The number of nitro groups is 1. The third-order valence-electron chi connectivity index (χ3n) is 3.77. The zero-order valence-electron chi connectivity index (χ0n) is 12.5. The van der Waals surface area contributed by atoms with Crippen LogP contribution < -0.4 is 10.6 Å². The van der Waals surface area contributed by atoms with Crippen LogP contribution in [0.15, 0.2) is 18.2 Å². The fraction of sp³-hybridized carbons (Fsp3) is 0.600. The van der Waals surface area contributed by atoms with Gasteiger partial charge in [0, 0.05) is 31.5 Å². The molecule has 21 heavy (non-hydrogen) atoms. The summed E-state index contributed by atoms with van der Waals surface area (Å²) in [5, 5.41) is 11.2. The number of nitrogens with zero attached hydrogens (tertiary/aromatic N) is 2. The zero-order valence-corrected chi connectivity index (χ0v) is 12.5. The van der Waals surface area contributed by atoms with E-state index in [9.17, 15) is 10.1 Å². The number of nitrogen functional groups attached to an aromatic ring is 1. The maximum absolute atomic E-state index is 11.2. The predicted octanol–water partition coefficient (Wildman–Crippen LogP) is 2.96. The summed E-state index contributed by atoms with van der Waals surface area (Å²) in [6.07, 6.45) is 4.15. The zero-order chi connectivity index (χ0) is 15.2. The minimum absolute atomic E-state index is 0.122. The van der Waals surface area contributed by atoms with Crippen LogP contribution in [-0.4, -0.2) is 30.7 Å². The second-order valence-corrected chi connectivity index (χ2v) is 5.42. The molecule has 1 aromatic rings. The molecule has 6 heteroatoms. The van der Waals surface area contributed by atoms with Crippen LogP contribution in [-0.2, 0) is 4.74 Å². The highest BCUT2D eigenvalue weighted by molar-refractivity contribution is 5.68. The molecule has 1 heterocycles. The molecule has 1 atom stereocenters. The first-order valence-corrected chi connectivity index (χ1v) is 7.52. The van der Waals surface area contributed by atoms with Gasteiger partial charge in [0.1, 0.15) is 5.69 Å². The molecule has 1 aromatic carbocycles. The lowest BCUT2D eigenvalue weighted by Crippen LogP contribution is -2.26. The molecule has 0 aromatic heterocycles. The average molecular weight is 293 g/mol. The van der Waals surface area contributed by atoms with Crippen molar-refractivity contribution in [2.75, 3.05) is 30.3 Å². The number of anilines is 2. The number of hydrogen-bond acceptors (Lipinski definition) is 5. The van der Waals surface area contributed by atoms with E-state index in [0.717, 1.165) is 45.4 Å². The van der Waals surface area contributed by atoms with Gasteiger partial charge in [0.15, 0.2) is 0 Å². The van der Waals surface area contributed by atoms with Gasteiger partial charge in [-0.05, 0) is 37.8 Å². The maximum atomic E-state index is 11.2. The molecule has 6 nitrogen and oxygen atoms in total. The largest absolute Gasteiger partial charge is 0.399 e. The first-order chi connectivity index (χ1) is 10.1. The molecule has 2 rings (SSSR count). The van der Waals surface area contributed by atoms with E-state index in [4.69, 9.17) is 10.5 Å². The Labute approximate surface area is 125 Å². The van der Waals surface area contributed by atoms with Crippen molar-refractivity contribution < 1.29 is 9.66 Å². The third kappa shape index (κ3) is 4.07. The van der Waals surface area contributed by atoms with Crippen molar-refractivity contribution in [3.63, 3.8) is 0 Å². The highest BCUT2D eigenvalue weighted by Crippen LogP contribution is 2.32. The lowest BCUT2D eigenvalue weighted by Gasteiger charge is -2.23. The third-order valence-corrected chi connectivity index (χ3v) is 3.77. The molecular weight excluding hydrogens is 270 g/mol. The van der Waals surface area contributed by atoms with Crippen LogP contribution in [0.2, 0.25) is 0 Å². The maximum Gasteiger partial charge on any atom is 0.292 e. The highest BCUT2D eigenvalue weighted by atomic mass is 16.6. The van der Waals surface area contributed by atoms with Crippen molar-refractivity contribution in [2.24, 2.45) is 0 Å². The summed E-state index contributed by atoms with van der Waals surface area (Å²) in [4.78, 5) is 12.9. The van der Waals surface area contributed by atoms with Crippen LogP contribution in [0.3, 0.4) is 0 Å². The predicted molar refractivity (Wildman–Crippen MR) is 83.6 cm³/mol. The lowest BCUT2D eigenvalue weighted by atomic mass is 10.1. The molecular formula is C15H23N3O3. The van der Waals surface area contributed by atoms with Gasteiger partial charge in [-0.2, -0.15) is 0 Å². The Morgan fingerprint density at radius 1 is 1.43 bits per heavy atom. The van der Waals surface area contributed by atoms with Crippen LogP contribution in [0.4, 0.5) is 17.1 Å². The Hall–Kier alpha value is -1.82. The van der Waals surface area contributed by atoms with Gasteiger partial charge in [-0.15, -0.1) is 0 Å². The molecule has 116 valence electrons. The van der Waals surface area contributed by atoms with E-state index in [1.54, 1.807) is 12.1 Å². The van der Waals surface area contributed by atoms with E-state index in [1.807, 2.05) is 0 Å². The standard InChI is InChI=1S/C15H23N3O3/c1-2-10-21-13-4-3-8-17(9-7-13)15-11-12(16)5-6-14(15)18(19)20/h5-6,11,13H,2-4,7-10,16H2,1H3. The van der Waals surface area contributed by atoms with Crippen LogP contribution in [0.5, 0.6) is 0 Å². The first kappa shape index (κ1) is 15.6. The Morgan fingerprint density at radius 3 is 2.95 bits per heavy atom. The molecule has 0 radical (unpaired) electrons. The fourth-order valence-corrected chi connectivity index (χ4v) is 2.71. The summed E-state index contributed by atoms with van der Waals surface area (Å²) in [5.74, 6) is 0. The summed E-state index contributed by atoms with van der Waals surface area (Å²) >= 11 is 0. The summed E-state index contributed by atoms with van der Waals surface area (Å²) in [5.41, 5.74) is 7.09. The normalized spacial score (nSPS) is 19.3. The second kappa shape index (κ2) is 7.26. The van der Waals surface area contributed by atoms with E-state index in [2.05, 4.69) is 11.8 Å². The summed E-state index contributed by atoms with van der Waals surface area (Å²) < 4.78 is 5.81. The van der Waals surface area contributed by atoms with E-state index >= 15 is 0 Å². The van der Waals surface area contributed by atoms with Crippen LogP contribution in [0.1, 0.15) is 32.6 Å². The fourth-order valence-electron chi connectivity index (χ4n) is 2.71. The number of ether oxygens (including phenoxy) is 1. The van der Waals surface area contributed by atoms with Gasteiger partial charge in [-0.25, -0.2) is 0 Å². The van der Waals surface area contributed by atoms with Crippen molar-refractivity contribution in [2.45, 2.75) is 38.7 Å². The van der Waals surface area contributed by atoms with Crippen molar-refractivity contribution in [3.8, 4) is 0 Å². The van der Waals surface area contributed by atoms with Crippen molar-refractivity contribution in [1.29, 1.82) is 0 Å². The molecule has 0 amide bonds. The number of rotatable bonds is 5. The minimum Gasteiger partial charge on any atom is -0.399 e. The van der Waals surface area contributed by atoms with E-state index in [0.29, 0.717) is 11.4 Å².